The molecule has 6 nitrogen and oxygen atoms in total. The fourth-order valence-corrected chi connectivity index (χ4v) is 1.44. The van der Waals surface area contributed by atoms with Crippen LogP contribution in [-0.2, 0) is 9.59 Å². The fourth-order valence-electron chi connectivity index (χ4n) is 1.44. The zero-order valence-electron chi connectivity index (χ0n) is 11.6. The van der Waals surface area contributed by atoms with Crippen LogP contribution in [0.2, 0.25) is 0 Å². The van der Waals surface area contributed by atoms with E-state index in [0.717, 1.165) is 5.75 Å². The van der Waals surface area contributed by atoms with Gasteiger partial charge in [-0.05, 0) is 25.5 Å². The van der Waals surface area contributed by atoms with Crippen LogP contribution in [0, 0.1) is 6.92 Å². The highest BCUT2D eigenvalue weighted by molar-refractivity contribution is 5.85. The molecular formula is C14H21N3O3. The SMILES string of the molecule is Cc1ccc(OCCCNC(=O)CNC(=O)CN)cc1. The molecule has 0 atom stereocenters. The first-order valence-corrected chi connectivity index (χ1v) is 6.54. The molecule has 20 heavy (non-hydrogen) atoms. The van der Waals surface area contributed by atoms with Gasteiger partial charge in [-0.25, -0.2) is 0 Å². The van der Waals surface area contributed by atoms with Crippen molar-refractivity contribution in [1.82, 2.24) is 10.6 Å². The van der Waals surface area contributed by atoms with Crippen LogP contribution >= 0.6 is 0 Å². The van der Waals surface area contributed by atoms with Crippen molar-refractivity contribution in [2.75, 3.05) is 26.2 Å². The number of hydrogen-bond acceptors (Lipinski definition) is 4. The van der Waals surface area contributed by atoms with Crippen LogP contribution < -0.4 is 21.1 Å². The van der Waals surface area contributed by atoms with Crippen LogP contribution in [0.25, 0.3) is 0 Å². The number of carbonyl (C=O) groups excluding carboxylic acids is 2. The molecule has 2 amide bonds. The fraction of sp³-hybridized carbons (Fsp3) is 0.429. The van der Waals surface area contributed by atoms with Gasteiger partial charge < -0.3 is 21.1 Å². The van der Waals surface area contributed by atoms with Gasteiger partial charge in [-0.1, -0.05) is 17.7 Å². The normalized spacial score (nSPS) is 9.90. The van der Waals surface area contributed by atoms with E-state index in [1.54, 1.807) is 0 Å². The summed E-state index contributed by atoms with van der Waals surface area (Å²) in [6.45, 7) is 2.89. The Labute approximate surface area is 118 Å². The molecule has 1 aromatic rings. The summed E-state index contributed by atoms with van der Waals surface area (Å²) in [7, 11) is 0. The lowest BCUT2D eigenvalue weighted by atomic mass is 10.2. The average molecular weight is 279 g/mol. The third kappa shape index (κ3) is 6.75. The number of amides is 2. The van der Waals surface area contributed by atoms with E-state index in [1.165, 1.54) is 5.56 Å². The van der Waals surface area contributed by atoms with Gasteiger partial charge >= 0.3 is 0 Å². The molecule has 1 aromatic carbocycles. The highest BCUT2D eigenvalue weighted by atomic mass is 16.5. The molecule has 110 valence electrons. The smallest absolute Gasteiger partial charge is 0.239 e. The van der Waals surface area contributed by atoms with E-state index in [1.807, 2.05) is 31.2 Å². The molecule has 1 rings (SSSR count). The van der Waals surface area contributed by atoms with Crippen LogP contribution in [0.3, 0.4) is 0 Å². The van der Waals surface area contributed by atoms with Gasteiger partial charge in [0.15, 0.2) is 0 Å². The first-order chi connectivity index (χ1) is 9.61. The van der Waals surface area contributed by atoms with Crippen molar-refractivity contribution in [3.63, 3.8) is 0 Å². The molecule has 0 saturated carbocycles. The molecule has 0 fully saturated rings. The van der Waals surface area contributed by atoms with Crippen LogP contribution in [-0.4, -0.2) is 38.1 Å². The van der Waals surface area contributed by atoms with Crippen LogP contribution in [0.5, 0.6) is 5.75 Å². The molecule has 0 saturated heterocycles. The summed E-state index contributed by atoms with van der Waals surface area (Å²) in [5, 5.41) is 5.08. The topological polar surface area (TPSA) is 93.5 Å². The number of rotatable bonds is 8. The number of aryl methyl sites for hydroxylation is 1. The second kappa shape index (κ2) is 8.92. The predicted molar refractivity (Wildman–Crippen MR) is 76.4 cm³/mol. The highest BCUT2D eigenvalue weighted by Crippen LogP contribution is 2.11. The van der Waals surface area contributed by atoms with Crippen molar-refractivity contribution in [1.29, 1.82) is 0 Å². The minimum Gasteiger partial charge on any atom is -0.494 e. The number of nitrogens with two attached hydrogens (primary N) is 1. The quantitative estimate of drug-likeness (QED) is 0.582. The maximum atomic E-state index is 11.3. The Bertz CT molecular complexity index is 432. The van der Waals surface area contributed by atoms with Crippen LogP contribution in [0.1, 0.15) is 12.0 Å². The summed E-state index contributed by atoms with van der Waals surface area (Å²) < 4.78 is 5.52. The van der Waals surface area contributed by atoms with Crippen molar-refractivity contribution in [3.8, 4) is 5.75 Å². The molecule has 0 spiro atoms. The van der Waals surface area contributed by atoms with Crippen LogP contribution in [0.15, 0.2) is 24.3 Å². The van der Waals surface area contributed by atoms with Gasteiger partial charge in [0.25, 0.3) is 0 Å². The van der Waals surface area contributed by atoms with E-state index in [9.17, 15) is 9.59 Å². The minimum atomic E-state index is -0.345. The summed E-state index contributed by atoms with van der Waals surface area (Å²) in [5.41, 5.74) is 6.29. The van der Waals surface area contributed by atoms with E-state index < -0.39 is 0 Å². The lowest BCUT2D eigenvalue weighted by Crippen LogP contribution is -2.39. The summed E-state index contributed by atoms with van der Waals surface area (Å²) in [6, 6.07) is 7.79. The largest absolute Gasteiger partial charge is 0.494 e. The monoisotopic (exact) mass is 279 g/mol. The third-order valence-corrected chi connectivity index (χ3v) is 2.56. The molecule has 4 N–H and O–H groups in total. The lowest BCUT2D eigenvalue weighted by Gasteiger charge is -2.08. The van der Waals surface area contributed by atoms with E-state index >= 15 is 0 Å². The molecule has 0 bridgehead atoms. The van der Waals surface area contributed by atoms with Gasteiger partial charge in [-0.15, -0.1) is 0 Å². The third-order valence-electron chi connectivity index (χ3n) is 2.56. The Morgan fingerprint density at radius 3 is 2.50 bits per heavy atom. The molecule has 0 aliphatic heterocycles. The first kappa shape index (κ1) is 16.0. The molecule has 0 heterocycles. The van der Waals surface area contributed by atoms with E-state index in [2.05, 4.69) is 10.6 Å². The number of nitrogens with one attached hydrogen (secondary N) is 2. The molecular weight excluding hydrogens is 258 g/mol. The highest BCUT2D eigenvalue weighted by Gasteiger charge is 2.02. The van der Waals surface area contributed by atoms with Crippen molar-refractivity contribution < 1.29 is 14.3 Å². The zero-order valence-corrected chi connectivity index (χ0v) is 11.6. The maximum Gasteiger partial charge on any atom is 0.239 e. The summed E-state index contributed by atoms with van der Waals surface area (Å²) >= 11 is 0. The zero-order chi connectivity index (χ0) is 14.8. The standard InChI is InChI=1S/C14H21N3O3/c1-11-3-5-12(6-4-11)20-8-2-7-16-14(19)10-17-13(18)9-15/h3-6H,2,7-10,15H2,1H3,(H,16,19)(H,17,18). The van der Waals surface area contributed by atoms with Crippen molar-refractivity contribution in [2.45, 2.75) is 13.3 Å². The minimum absolute atomic E-state index is 0.0468. The van der Waals surface area contributed by atoms with Gasteiger partial charge in [-0.3, -0.25) is 9.59 Å². The Hall–Kier alpha value is -2.08. The number of carbonyl (C=O) groups is 2. The number of benzene rings is 1. The van der Waals surface area contributed by atoms with Gasteiger partial charge in [0.2, 0.25) is 11.8 Å². The van der Waals surface area contributed by atoms with Gasteiger partial charge in [0, 0.05) is 6.54 Å². The molecule has 0 radical (unpaired) electrons. The van der Waals surface area contributed by atoms with E-state index in [0.29, 0.717) is 19.6 Å². The van der Waals surface area contributed by atoms with E-state index in [-0.39, 0.29) is 24.9 Å². The van der Waals surface area contributed by atoms with Gasteiger partial charge in [0.05, 0.1) is 19.7 Å². The van der Waals surface area contributed by atoms with Gasteiger partial charge in [-0.2, -0.15) is 0 Å². The Morgan fingerprint density at radius 1 is 1.15 bits per heavy atom. The molecule has 0 aliphatic carbocycles. The number of hydrogen-bond donors (Lipinski definition) is 3. The average Bonchev–Trinajstić information content (AvgIpc) is 2.46. The lowest BCUT2D eigenvalue weighted by molar-refractivity contribution is -0.125. The van der Waals surface area contributed by atoms with Crippen molar-refractivity contribution in [2.24, 2.45) is 5.73 Å². The maximum absolute atomic E-state index is 11.3. The molecule has 6 heteroatoms. The summed E-state index contributed by atoms with van der Waals surface area (Å²) in [6.07, 6.45) is 0.699. The Morgan fingerprint density at radius 2 is 1.85 bits per heavy atom. The van der Waals surface area contributed by atoms with Crippen molar-refractivity contribution in [3.05, 3.63) is 29.8 Å². The van der Waals surface area contributed by atoms with Crippen molar-refractivity contribution >= 4 is 11.8 Å². The van der Waals surface area contributed by atoms with Crippen LogP contribution in [0.4, 0.5) is 0 Å². The Balaban J connectivity index is 2.05. The number of ether oxygens (including phenoxy) is 1. The molecule has 0 unspecified atom stereocenters. The second-order valence-electron chi connectivity index (χ2n) is 4.35. The van der Waals surface area contributed by atoms with Gasteiger partial charge in [0.1, 0.15) is 5.75 Å². The molecule has 0 aliphatic rings. The summed E-state index contributed by atoms with van der Waals surface area (Å²) in [4.78, 5) is 22.2. The molecule has 0 aromatic heterocycles. The van der Waals surface area contributed by atoms with E-state index in [4.69, 9.17) is 10.5 Å². The predicted octanol–water partition coefficient (Wildman–Crippen LogP) is -0.0450. The Kier molecular flexibility index (Phi) is 7.13. The summed E-state index contributed by atoms with van der Waals surface area (Å²) in [5.74, 6) is 0.238. The second-order valence-corrected chi connectivity index (χ2v) is 4.35. The first-order valence-electron chi connectivity index (χ1n) is 6.54.